The molecule has 3 aromatic carbocycles. The molecule has 4 aromatic rings. The summed E-state index contributed by atoms with van der Waals surface area (Å²) in [6.07, 6.45) is 1.30. The van der Waals surface area contributed by atoms with Gasteiger partial charge < -0.3 is 10.8 Å². The number of aromatic nitrogens is 2. The number of halogens is 1. The number of hydrogen-bond donors (Lipinski definition) is 2. The lowest BCUT2D eigenvalue weighted by atomic mass is 9.94. The second-order valence-electron chi connectivity index (χ2n) is 9.45. The zero-order valence-electron chi connectivity index (χ0n) is 19.4. The molecule has 3 N–H and O–H groups in total. The quantitative estimate of drug-likeness (QED) is 0.469. The third kappa shape index (κ3) is 4.27. The van der Waals surface area contributed by atoms with Crippen molar-refractivity contribution in [2.24, 2.45) is 0 Å². The Morgan fingerprint density at radius 2 is 1.83 bits per heavy atom. The number of rotatable bonds is 4. The Hall–Kier alpha value is -3.39. The second kappa shape index (κ2) is 9.00. The van der Waals surface area contributed by atoms with Gasteiger partial charge in [0.15, 0.2) is 0 Å². The largest absolute Gasteiger partial charge is 0.393 e. The van der Waals surface area contributed by atoms with Gasteiger partial charge >= 0.3 is 0 Å². The first-order chi connectivity index (χ1) is 17.0. The summed E-state index contributed by atoms with van der Waals surface area (Å²) < 4.78 is 14.4. The lowest BCUT2D eigenvalue weighted by Gasteiger charge is -2.30. The van der Waals surface area contributed by atoms with Gasteiger partial charge in [0.2, 0.25) is 5.95 Å². The van der Waals surface area contributed by atoms with Gasteiger partial charge in [-0.05, 0) is 64.9 Å². The second-order valence-corrected chi connectivity index (χ2v) is 9.45. The lowest BCUT2D eigenvalue weighted by molar-refractivity contribution is 0.0793. The molecule has 2 aliphatic rings. The van der Waals surface area contributed by atoms with Crippen molar-refractivity contribution in [1.29, 1.82) is 0 Å². The highest BCUT2D eigenvalue weighted by molar-refractivity contribution is 5.88. The van der Waals surface area contributed by atoms with Crippen molar-refractivity contribution < 1.29 is 9.50 Å². The number of nitrogens with zero attached hydrogens (tertiary/aromatic N) is 4. The first kappa shape index (κ1) is 22.1. The van der Waals surface area contributed by atoms with Gasteiger partial charge in [-0.2, -0.15) is 0 Å². The molecule has 1 aromatic heterocycles. The molecular formula is C28H27FN5O. The number of piperidine rings is 1. The maximum absolute atomic E-state index is 14.4. The number of hydrogen-bond acceptors (Lipinski definition) is 5. The number of nitrogen functional groups attached to an aromatic ring is 1. The van der Waals surface area contributed by atoms with Crippen LogP contribution in [0.4, 0.5) is 10.3 Å². The summed E-state index contributed by atoms with van der Waals surface area (Å²) in [4.78, 5) is 11.4. The number of anilines is 1. The summed E-state index contributed by atoms with van der Waals surface area (Å²) >= 11 is 0. The number of aliphatic hydroxyl groups is 1. The summed E-state index contributed by atoms with van der Waals surface area (Å²) in [6, 6.07) is 18.9. The molecule has 6 nitrogen and oxygen atoms in total. The Balaban J connectivity index is 1.43. The van der Waals surface area contributed by atoms with Gasteiger partial charge in [-0.15, -0.1) is 0 Å². The van der Waals surface area contributed by atoms with Gasteiger partial charge in [-0.3, -0.25) is 4.90 Å². The van der Waals surface area contributed by atoms with E-state index < -0.39 is 0 Å². The maximum Gasteiger partial charge on any atom is 0.220 e. The SMILES string of the molecule is Nc1nc(C2[N]Cc3ccccc32)c2cc(-c3cc(F)ccc3CN3CCC(O)CC3)ccc2n1. The van der Waals surface area contributed by atoms with E-state index >= 15 is 0 Å². The summed E-state index contributed by atoms with van der Waals surface area (Å²) in [5, 5.41) is 15.6. The van der Waals surface area contributed by atoms with Crippen LogP contribution < -0.4 is 11.1 Å². The van der Waals surface area contributed by atoms with Crippen LogP contribution in [0.1, 0.15) is 41.3 Å². The molecule has 0 spiro atoms. The zero-order valence-corrected chi connectivity index (χ0v) is 19.4. The topological polar surface area (TPSA) is 89.4 Å². The van der Waals surface area contributed by atoms with E-state index in [9.17, 15) is 9.50 Å². The Labute approximate surface area is 203 Å². The third-order valence-electron chi connectivity index (χ3n) is 7.13. The number of fused-ring (bicyclic) bond motifs is 2. The van der Waals surface area contributed by atoms with E-state index in [4.69, 9.17) is 11.1 Å². The van der Waals surface area contributed by atoms with Crippen LogP contribution >= 0.6 is 0 Å². The monoisotopic (exact) mass is 468 g/mol. The van der Waals surface area contributed by atoms with E-state index in [0.29, 0.717) is 13.1 Å². The van der Waals surface area contributed by atoms with Crippen LogP contribution in [0.3, 0.4) is 0 Å². The molecule has 0 bridgehead atoms. The fourth-order valence-corrected chi connectivity index (χ4v) is 5.29. The minimum absolute atomic E-state index is 0.207. The molecule has 1 atom stereocenters. The molecular weight excluding hydrogens is 441 g/mol. The van der Waals surface area contributed by atoms with Gasteiger partial charge in [-0.1, -0.05) is 36.4 Å². The van der Waals surface area contributed by atoms with Crippen LogP contribution in [0.5, 0.6) is 0 Å². The standard InChI is InChI=1S/C28H27FN5O/c29-20-7-5-19(16-34-11-9-21(35)10-12-34)23(14-20)17-6-8-25-24(13-17)27(33-28(30)32-25)26-22-4-2-1-3-18(22)15-31-26/h1-8,13-14,21,26,35H,9-12,15-16H2,(H2,30,32,33). The molecule has 2 aliphatic heterocycles. The van der Waals surface area contributed by atoms with Crippen LogP contribution in [0.15, 0.2) is 60.7 Å². The van der Waals surface area contributed by atoms with Crippen LogP contribution in [-0.4, -0.2) is 39.2 Å². The van der Waals surface area contributed by atoms with Crippen molar-refractivity contribution in [3.05, 3.63) is 88.9 Å². The average Bonchev–Trinajstić information content (AvgIpc) is 3.30. The van der Waals surface area contributed by atoms with Gasteiger partial charge in [-0.25, -0.2) is 19.7 Å². The van der Waals surface area contributed by atoms with Gasteiger partial charge in [0.05, 0.1) is 23.4 Å². The molecule has 7 heteroatoms. The van der Waals surface area contributed by atoms with Gasteiger partial charge in [0.25, 0.3) is 0 Å². The minimum Gasteiger partial charge on any atom is -0.393 e. The Bertz CT molecular complexity index is 1400. The fraction of sp³-hybridized carbons (Fsp3) is 0.286. The predicted octanol–water partition coefficient (Wildman–Crippen LogP) is 4.18. The van der Waals surface area contributed by atoms with Gasteiger partial charge in [0, 0.05) is 31.6 Å². The van der Waals surface area contributed by atoms with Gasteiger partial charge in [0.1, 0.15) is 5.82 Å². The molecule has 6 rings (SSSR count). The van der Waals surface area contributed by atoms with Crippen molar-refractivity contribution in [1.82, 2.24) is 20.2 Å². The first-order valence-corrected chi connectivity index (χ1v) is 12.1. The van der Waals surface area contributed by atoms with E-state index in [-0.39, 0.29) is 23.9 Å². The van der Waals surface area contributed by atoms with E-state index in [1.807, 2.05) is 36.4 Å². The summed E-state index contributed by atoms with van der Waals surface area (Å²) in [7, 11) is 0. The molecule has 177 valence electrons. The normalized spacial score (nSPS) is 18.7. The Morgan fingerprint density at radius 3 is 2.69 bits per heavy atom. The highest BCUT2D eigenvalue weighted by atomic mass is 19.1. The fourth-order valence-electron chi connectivity index (χ4n) is 5.29. The van der Waals surface area contributed by atoms with Crippen LogP contribution in [0.25, 0.3) is 22.0 Å². The number of benzene rings is 3. The summed E-state index contributed by atoms with van der Waals surface area (Å²) in [6.45, 7) is 3.01. The molecule has 0 amide bonds. The summed E-state index contributed by atoms with van der Waals surface area (Å²) in [5.41, 5.74) is 12.7. The number of aliphatic hydroxyl groups excluding tert-OH is 1. The molecule has 1 radical (unpaired) electrons. The molecule has 35 heavy (non-hydrogen) atoms. The summed E-state index contributed by atoms with van der Waals surface area (Å²) in [5.74, 6) is -0.0509. The van der Waals surface area contributed by atoms with Crippen LogP contribution in [0.2, 0.25) is 0 Å². The Morgan fingerprint density at radius 1 is 1.00 bits per heavy atom. The van der Waals surface area contributed by atoms with Crippen molar-refractivity contribution in [3.8, 4) is 11.1 Å². The predicted molar refractivity (Wildman–Crippen MR) is 134 cm³/mol. The molecule has 0 aliphatic carbocycles. The molecule has 0 saturated carbocycles. The van der Waals surface area contributed by atoms with Crippen LogP contribution in [-0.2, 0) is 13.1 Å². The molecule has 3 heterocycles. The minimum atomic E-state index is -0.272. The lowest BCUT2D eigenvalue weighted by Crippen LogP contribution is -2.35. The molecule has 1 fully saturated rings. The van der Waals surface area contributed by atoms with Crippen molar-refractivity contribution >= 4 is 16.9 Å². The number of nitrogens with two attached hydrogens (primary N) is 1. The van der Waals surface area contributed by atoms with E-state index in [0.717, 1.165) is 64.8 Å². The smallest absolute Gasteiger partial charge is 0.220 e. The molecule has 1 saturated heterocycles. The Kier molecular flexibility index (Phi) is 5.68. The average molecular weight is 469 g/mol. The van der Waals surface area contributed by atoms with E-state index in [2.05, 4.69) is 27.0 Å². The highest BCUT2D eigenvalue weighted by Gasteiger charge is 2.28. The van der Waals surface area contributed by atoms with Crippen molar-refractivity contribution in [3.63, 3.8) is 0 Å². The van der Waals surface area contributed by atoms with Crippen LogP contribution in [0, 0.1) is 5.82 Å². The highest BCUT2D eigenvalue weighted by Crippen LogP contribution is 2.37. The third-order valence-corrected chi connectivity index (χ3v) is 7.13. The van der Waals surface area contributed by atoms with Crippen molar-refractivity contribution in [2.75, 3.05) is 18.8 Å². The van der Waals surface area contributed by atoms with E-state index in [1.54, 1.807) is 6.07 Å². The van der Waals surface area contributed by atoms with E-state index in [1.165, 1.54) is 11.6 Å². The maximum atomic E-state index is 14.4. The van der Waals surface area contributed by atoms with Crippen molar-refractivity contribution in [2.45, 2.75) is 38.1 Å². The molecule has 1 unspecified atom stereocenters. The zero-order chi connectivity index (χ0) is 23.9. The first-order valence-electron chi connectivity index (χ1n) is 12.1. The number of likely N-dealkylation sites (tertiary alicyclic amines) is 1.